The maximum absolute atomic E-state index is 2.50. The van der Waals surface area contributed by atoms with Gasteiger partial charge in [0.15, 0.2) is 0 Å². The highest BCUT2D eigenvalue weighted by Gasteiger charge is 2.46. The molecule has 0 atom stereocenters. The standard InChI is InChI=1S/C66H46N2/c1-65(2)58-40-48(32-35-54(58)55-36-34-50(41-59(55)65)68-61-38-30-43-18-12-14-26-51(43)63(61)64-52-27-15-13-19-44(52)31-39-62(64)68)67(47-24-10-5-11-25-47)49-33-37-56-53-28-16-17-29-57(53)66(60(56)42-49,45-20-6-3-7-21-45)46-22-8-4-9-23-46/h3-42H,1-2H3. The van der Waals surface area contributed by atoms with Crippen molar-refractivity contribution in [3.63, 3.8) is 0 Å². The highest BCUT2D eigenvalue weighted by Crippen LogP contribution is 2.58. The molecule has 0 saturated carbocycles. The van der Waals surface area contributed by atoms with Crippen molar-refractivity contribution in [3.8, 4) is 27.9 Å². The van der Waals surface area contributed by atoms with Crippen molar-refractivity contribution < 1.29 is 0 Å². The molecule has 0 N–H and O–H groups in total. The van der Waals surface area contributed by atoms with Gasteiger partial charge in [-0.05, 0) is 138 Å². The number of benzene rings is 11. The van der Waals surface area contributed by atoms with Crippen LogP contribution in [0, 0.1) is 0 Å². The Morgan fingerprint density at radius 1 is 0.338 bits per heavy atom. The van der Waals surface area contributed by atoms with E-state index in [9.17, 15) is 0 Å². The van der Waals surface area contributed by atoms with Crippen molar-refractivity contribution >= 4 is 60.4 Å². The highest BCUT2D eigenvalue weighted by atomic mass is 15.1. The van der Waals surface area contributed by atoms with Gasteiger partial charge in [0.05, 0.1) is 16.4 Å². The predicted molar refractivity (Wildman–Crippen MR) is 285 cm³/mol. The second-order valence-corrected chi connectivity index (χ2v) is 19.2. The van der Waals surface area contributed by atoms with Crippen molar-refractivity contribution in [1.29, 1.82) is 0 Å². The second-order valence-electron chi connectivity index (χ2n) is 19.2. The van der Waals surface area contributed by atoms with Crippen molar-refractivity contribution in [2.75, 3.05) is 4.90 Å². The lowest BCUT2D eigenvalue weighted by molar-refractivity contribution is 0.660. The first-order chi connectivity index (χ1) is 33.5. The van der Waals surface area contributed by atoms with Gasteiger partial charge in [0.2, 0.25) is 0 Å². The highest BCUT2D eigenvalue weighted by molar-refractivity contribution is 6.28. The first-order valence-corrected chi connectivity index (χ1v) is 23.8. The van der Waals surface area contributed by atoms with Crippen molar-refractivity contribution in [1.82, 2.24) is 4.57 Å². The van der Waals surface area contributed by atoms with E-state index in [0.717, 1.165) is 17.1 Å². The lowest BCUT2D eigenvalue weighted by atomic mass is 9.67. The van der Waals surface area contributed by atoms with Gasteiger partial charge >= 0.3 is 0 Å². The van der Waals surface area contributed by atoms with Gasteiger partial charge in [0, 0.05) is 38.9 Å². The third-order valence-electron chi connectivity index (χ3n) is 15.4. The fourth-order valence-corrected chi connectivity index (χ4v) is 12.4. The van der Waals surface area contributed by atoms with Gasteiger partial charge in [-0.25, -0.2) is 0 Å². The lowest BCUT2D eigenvalue weighted by Crippen LogP contribution is -2.28. The second kappa shape index (κ2) is 14.5. The van der Waals surface area contributed by atoms with E-state index in [1.807, 2.05) is 0 Å². The molecule has 2 nitrogen and oxygen atoms in total. The minimum Gasteiger partial charge on any atom is -0.310 e. The van der Waals surface area contributed by atoms with E-state index in [-0.39, 0.29) is 5.41 Å². The van der Waals surface area contributed by atoms with Crippen LogP contribution in [0.4, 0.5) is 17.1 Å². The van der Waals surface area contributed by atoms with Crippen LogP contribution in [0.2, 0.25) is 0 Å². The van der Waals surface area contributed by atoms with Crippen LogP contribution in [0.5, 0.6) is 0 Å². The molecule has 1 heterocycles. The molecule has 0 saturated heterocycles. The van der Waals surface area contributed by atoms with Crippen LogP contribution in [0.15, 0.2) is 243 Å². The number of hydrogen-bond donors (Lipinski definition) is 0. The first-order valence-electron chi connectivity index (χ1n) is 23.8. The average molecular weight is 867 g/mol. The molecule has 0 spiro atoms. The number of rotatable bonds is 6. The number of aromatic nitrogens is 1. The molecule has 0 amide bonds. The van der Waals surface area contributed by atoms with Crippen LogP contribution in [0.1, 0.15) is 47.2 Å². The molecular formula is C66H46N2. The van der Waals surface area contributed by atoms with E-state index in [0.29, 0.717) is 0 Å². The molecule has 320 valence electrons. The summed E-state index contributed by atoms with van der Waals surface area (Å²) in [5, 5.41) is 7.71. The summed E-state index contributed by atoms with van der Waals surface area (Å²) in [4.78, 5) is 2.46. The summed E-state index contributed by atoms with van der Waals surface area (Å²) in [6.45, 7) is 4.82. The minimum atomic E-state index is -0.497. The lowest BCUT2D eigenvalue weighted by Gasteiger charge is -2.35. The van der Waals surface area contributed by atoms with Crippen LogP contribution in [0.3, 0.4) is 0 Å². The molecule has 68 heavy (non-hydrogen) atoms. The Morgan fingerprint density at radius 2 is 0.794 bits per heavy atom. The first kappa shape index (κ1) is 38.8. The number of anilines is 3. The Hall–Kier alpha value is -8.46. The molecule has 11 aromatic carbocycles. The van der Waals surface area contributed by atoms with Crippen molar-refractivity contribution in [2.24, 2.45) is 0 Å². The molecule has 0 unspecified atom stereocenters. The van der Waals surface area contributed by atoms with E-state index in [4.69, 9.17) is 0 Å². The third-order valence-corrected chi connectivity index (χ3v) is 15.4. The quantitative estimate of drug-likeness (QED) is 0.162. The van der Waals surface area contributed by atoms with E-state index >= 15 is 0 Å². The molecule has 14 rings (SSSR count). The molecule has 2 aliphatic carbocycles. The summed E-state index contributed by atoms with van der Waals surface area (Å²) in [5.41, 5.74) is 19.2. The van der Waals surface area contributed by atoms with E-state index < -0.39 is 5.41 Å². The molecule has 2 heteroatoms. The van der Waals surface area contributed by atoms with Crippen molar-refractivity contribution in [2.45, 2.75) is 24.7 Å². The summed E-state index contributed by atoms with van der Waals surface area (Å²) in [7, 11) is 0. The number of nitrogens with zero attached hydrogens (tertiary/aromatic N) is 2. The third kappa shape index (κ3) is 5.34. The van der Waals surface area contributed by atoms with Gasteiger partial charge in [-0.15, -0.1) is 0 Å². The summed E-state index contributed by atoms with van der Waals surface area (Å²) in [6.07, 6.45) is 0. The van der Waals surface area contributed by atoms with Gasteiger partial charge < -0.3 is 9.47 Å². The minimum absolute atomic E-state index is 0.271. The van der Waals surface area contributed by atoms with Gasteiger partial charge in [0.25, 0.3) is 0 Å². The zero-order valence-corrected chi connectivity index (χ0v) is 38.0. The van der Waals surface area contributed by atoms with Crippen LogP contribution in [-0.2, 0) is 10.8 Å². The molecule has 0 aliphatic heterocycles. The van der Waals surface area contributed by atoms with Crippen molar-refractivity contribution in [3.05, 3.63) is 276 Å². The van der Waals surface area contributed by atoms with Gasteiger partial charge in [-0.1, -0.05) is 196 Å². The Morgan fingerprint density at radius 3 is 1.40 bits per heavy atom. The predicted octanol–water partition coefficient (Wildman–Crippen LogP) is 17.2. The SMILES string of the molecule is CC1(C)c2cc(N(c3ccccc3)c3ccc4c(c3)C(c3ccccc3)(c3ccccc3)c3ccccc3-4)ccc2-c2ccc(-n3c4ccc5ccccc5c4c4c5ccccc5ccc43)cc21. The summed E-state index contributed by atoms with van der Waals surface area (Å²) < 4.78 is 2.50. The van der Waals surface area contributed by atoms with Crippen LogP contribution in [0.25, 0.3) is 71.3 Å². The average Bonchev–Trinajstić information content (AvgIpc) is 3.98. The maximum atomic E-state index is 2.50. The number of para-hydroxylation sites is 1. The normalized spacial score (nSPS) is 14.0. The number of fused-ring (bicyclic) bond motifs is 13. The molecule has 2 aliphatic rings. The monoisotopic (exact) mass is 866 g/mol. The van der Waals surface area contributed by atoms with Gasteiger partial charge in [-0.3, -0.25) is 0 Å². The zero-order valence-electron chi connectivity index (χ0n) is 38.0. The Labute approximate surface area is 396 Å². The molecule has 0 radical (unpaired) electrons. The topological polar surface area (TPSA) is 8.17 Å². The van der Waals surface area contributed by atoms with E-state index in [2.05, 4.69) is 266 Å². The van der Waals surface area contributed by atoms with Gasteiger partial charge in [-0.2, -0.15) is 0 Å². The molecule has 12 aromatic rings. The summed E-state index contributed by atoms with van der Waals surface area (Å²) in [6, 6.07) is 90.5. The van der Waals surface area contributed by atoms with Crippen LogP contribution < -0.4 is 4.90 Å². The fourth-order valence-electron chi connectivity index (χ4n) is 12.4. The Balaban J connectivity index is 0.936. The molecule has 1 aromatic heterocycles. The smallest absolute Gasteiger partial charge is 0.0714 e. The summed E-state index contributed by atoms with van der Waals surface area (Å²) >= 11 is 0. The maximum Gasteiger partial charge on any atom is 0.0714 e. The fraction of sp³-hybridized carbons (Fsp3) is 0.0606. The Bertz CT molecular complexity index is 3860. The zero-order chi connectivity index (χ0) is 45.1. The molecule has 0 fully saturated rings. The number of hydrogen-bond acceptors (Lipinski definition) is 1. The largest absolute Gasteiger partial charge is 0.310 e. The van der Waals surface area contributed by atoms with Crippen LogP contribution in [-0.4, -0.2) is 4.57 Å². The van der Waals surface area contributed by atoms with E-state index in [1.165, 1.54) is 105 Å². The molecular weight excluding hydrogens is 821 g/mol. The summed E-state index contributed by atoms with van der Waals surface area (Å²) in [5.74, 6) is 0. The van der Waals surface area contributed by atoms with Crippen LogP contribution >= 0.6 is 0 Å². The Kier molecular flexibility index (Phi) is 8.28. The molecule has 0 bridgehead atoms. The van der Waals surface area contributed by atoms with Gasteiger partial charge in [0.1, 0.15) is 0 Å². The van der Waals surface area contributed by atoms with E-state index in [1.54, 1.807) is 0 Å².